The molecule has 1 aromatic carbocycles. The summed E-state index contributed by atoms with van der Waals surface area (Å²) >= 11 is 0. The lowest BCUT2D eigenvalue weighted by Crippen LogP contribution is -2.54. The van der Waals surface area contributed by atoms with Gasteiger partial charge in [-0.25, -0.2) is 14.4 Å². The molecule has 39 heavy (non-hydrogen) atoms. The fraction of sp³-hybridized carbons (Fsp3) is 0.429. The van der Waals surface area contributed by atoms with Crippen molar-refractivity contribution in [3.63, 3.8) is 0 Å². The van der Waals surface area contributed by atoms with Gasteiger partial charge >= 0.3 is 6.01 Å². The van der Waals surface area contributed by atoms with E-state index in [9.17, 15) is 9.18 Å². The van der Waals surface area contributed by atoms with E-state index in [-0.39, 0.29) is 17.8 Å². The van der Waals surface area contributed by atoms with E-state index in [4.69, 9.17) is 14.5 Å². The molecule has 2 atom stereocenters. The standard InChI is InChI=1S/C28H32FN7O3/c1-16-12-35(13-17(2)31-16)24-5-4-21(25-22(24)11-30-28(34-25)39-20-6-8-38-9-7-20)27(37)33-19-10-23(29)26-32-18(3)14-36(26)15-19/h4-5,10-11,14-17,20,31H,6-9,12-13H2,1-3H3,(H,33,37)/t16-,17-/m1/s1. The Labute approximate surface area is 225 Å². The van der Waals surface area contributed by atoms with Gasteiger partial charge in [-0.2, -0.15) is 4.98 Å². The van der Waals surface area contributed by atoms with Crippen molar-refractivity contribution in [2.75, 3.05) is 36.5 Å². The lowest BCUT2D eigenvalue weighted by Gasteiger charge is -2.38. The minimum Gasteiger partial charge on any atom is -0.460 e. The molecule has 6 rings (SSSR count). The summed E-state index contributed by atoms with van der Waals surface area (Å²) in [7, 11) is 0. The molecule has 2 saturated heterocycles. The van der Waals surface area contributed by atoms with Crippen molar-refractivity contribution >= 4 is 33.8 Å². The molecular weight excluding hydrogens is 501 g/mol. The number of fused-ring (bicyclic) bond motifs is 2. The highest BCUT2D eigenvalue weighted by molar-refractivity contribution is 6.13. The highest BCUT2D eigenvalue weighted by atomic mass is 19.1. The van der Waals surface area contributed by atoms with Crippen LogP contribution < -0.4 is 20.3 Å². The van der Waals surface area contributed by atoms with Gasteiger partial charge in [0, 0.05) is 73.7 Å². The van der Waals surface area contributed by atoms with Gasteiger partial charge in [0.2, 0.25) is 0 Å². The van der Waals surface area contributed by atoms with Gasteiger partial charge in [0.1, 0.15) is 6.10 Å². The number of rotatable bonds is 5. The predicted octanol–water partition coefficient (Wildman–Crippen LogP) is 3.72. The van der Waals surface area contributed by atoms with Crippen LogP contribution in [-0.2, 0) is 4.74 Å². The van der Waals surface area contributed by atoms with Crippen LogP contribution in [0.2, 0.25) is 0 Å². The number of aryl methyl sites for hydroxylation is 1. The number of amides is 1. The van der Waals surface area contributed by atoms with E-state index in [0.29, 0.717) is 47.8 Å². The second-order valence-corrected chi connectivity index (χ2v) is 10.5. The van der Waals surface area contributed by atoms with Gasteiger partial charge in [0.25, 0.3) is 5.91 Å². The van der Waals surface area contributed by atoms with E-state index in [1.165, 1.54) is 6.07 Å². The van der Waals surface area contributed by atoms with E-state index in [1.54, 1.807) is 36.0 Å². The molecule has 2 aliphatic heterocycles. The molecule has 2 N–H and O–H groups in total. The van der Waals surface area contributed by atoms with Gasteiger partial charge in [0.05, 0.1) is 35.7 Å². The number of nitrogens with zero attached hydrogens (tertiary/aromatic N) is 5. The molecule has 11 heteroatoms. The van der Waals surface area contributed by atoms with E-state index in [2.05, 4.69) is 39.3 Å². The van der Waals surface area contributed by atoms with E-state index >= 15 is 0 Å². The summed E-state index contributed by atoms with van der Waals surface area (Å²) in [5.74, 6) is -0.919. The smallest absolute Gasteiger partial charge is 0.317 e. The number of aromatic nitrogens is 4. The maximum Gasteiger partial charge on any atom is 0.317 e. The number of anilines is 2. The normalized spacial score (nSPS) is 20.5. The van der Waals surface area contributed by atoms with Crippen LogP contribution in [0.4, 0.5) is 15.8 Å². The SMILES string of the molecule is Cc1cn2cc(NC(=O)c3ccc(N4C[C@@H](C)N[C@H](C)C4)c4cnc(OC5CCOCC5)nc34)cc(F)c2n1. The van der Waals surface area contributed by atoms with Crippen LogP contribution in [0, 0.1) is 12.7 Å². The summed E-state index contributed by atoms with van der Waals surface area (Å²) in [6.07, 6.45) is 6.56. The molecule has 0 unspecified atom stereocenters. The highest BCUT2D eigenvalue weighted by Gasteiger charge is 2.25. The Bertz CT molecular complexity index is 1520. The average Bonchev–Trinajstić information content (AvgIpc) is 3.28. The molecule has 0 spiro atoms. The molecule has 0 saturated carbocycles. The van der Waals surface area contributed by atoms with E-state index < -0.39 is 11.7 Å². The number of benzene rings is 1. The second-order valence-electron chi connectivity index (χ2n) is 10.5. The predicted molar refractivity (Wildman–Crippen MR) is 146 cm³/mol. The quantitative estimate of drug-likeness (QED) is 0.400. The summed E-state index contributed by atoms with van der Waals surface area (Å²) in [4.78, 5) is 29.3. The molecular formula is C28H32FN7O3. The van der Waals surface area contributed by atoms with Crippen molar-refractivity contribution in [3.05, 3.63) is 53.9 Å². The zero-order chi connectivity index (χ0) is 27.1. The maximum atomic E-state index is 14.7. The monoisotopic (exact) mass is 533 g/mol. The number of carbonyl (C=O) groups is 1. The number of nitrogens with one attached hydrogen (secondary N) is 2. The average molecular weight is 534 g/mol. The number of halogens is 1. The Hall–Kier alpha value is -3.83. The summed E-state index contributed by atoms with van der Waals surface area (Å²) in [6.45, 7) is 8.99. The lowest BCUT2D eigenvalue weighted by molar-refractivity contribution is 0.0218. The Morgan fingerprint density at radius 3 is 2.69 bits per heavy atom. The number of hydrogen-bond donors (Lipinski definition) is 2. The summed E-state index contributed by atoms with van der Waals surface area (Å²) < 4.78 is 27.8. The molecule has 5 heterocycles. The van der Waals surface area contributed by atoms with E-state index in [0.717, 1.165) is 37.0 Å². The molecule has 4 aromatic rings. The summed E-state index contributed by atoms with van der Waals surface area (Å²) in [5.41, 5.74) is 3.01. The number of imidazole rings is 1. The van der Waals surface area contributed by atoms with Gasteiger partial charge in [0.15, 0.2) is 11.5 Å². The summed E-state index contributed by atoms with van der Waals surface area (Å²) in [6, 6.07) is 5.82. The topological polar surface area (TPSA) is 106 Å². The molecule has 3 aromatic heterocycles. The van der Waals surface area contributed by atoms with Crippen LogP contribution in [0.5, 0.6) is 6.01 Å². The van der Waals surface area contributed by atoms with Crippen molar-refractivity contribution in [3.8, 4) is 6.01 Å². The number of ether oxygens (including phenoxy) is 2. The first-order valence-corrected chi connectivity index (χ1v) is 13.4. The molecule has 0 bridgehead atoms. The first-order chi connectivity index (χ1) is 18.8. The van der Waals surface area contributed by atoms with Crippen molar-refractivity contribution in [1.29, 1.82) is 0 Å². The number of carbonyl (C=O) groups excluding carboxylic acids is 1. The van der Waals surface area contributed by atoms with Gasteiger partial charge in [-0.05, 0) is 32.9 Å². The molecule has 2 aliphatic rings. The maximum absolute atomic E-state index is 14.7. The van der Waals surface area contributed by atoms with Gasteiger partial charge in [-0.3, -0.25) is 4.79 Å². The third kappa shape index (κ3) is 5.24. The molecule has 2 fully saturated rings. The number of pyridine rings is 1. The first-order valence-electron chi connectivity index (χ1n) is 13.4. The second kappa shape index (κ2) is 10.4. The molecule has 204 valence electrons. The van der Waals surface area contributed by atoms with Crippen LogP contribution in [0.1, 0.15) is 42.7 Å². The largest absolute Gasteiger partial charge is 0.460 e. The van der Waals surface area contributed by atoms with Crippen LogP contribution in [0.3, 0.4) is 0 Å². The third-order valence-electron chi connectivity index (χ3n) is 7.17. The van der Waals surface area contributed by atoms with Crippen LogP contribution in [0.15, 0.2) is 36.8 Å². The molecule has 10 nitrogen and oxygen atoms in total. The first kappa shape index (κ1) is 25.4. The van der Waals surface area contributed by atoms with Gasteiger partial charge in [-0.1, -0.05) is 0 Å². The van der Waals surface area contributed by atoms with Crippen LogP contribution in [0.25, 0.3) is 16.6 Å². The van der Waals surface area contributed by atoms with Crippen molar-refractivity contribution in [2.24, 2.45) is 0 Å². The van der Waals surface area contributed by atoms with Crippen LogP contribution >= 0.6 is 0 Å². The molecule has 1 amide bonds. The van der Waals surface area contributed by atoms with Crippen molar-refractivity contribution in [1.82, 2.24) is 24.7 Å². The highest BCUT2D eigenvalue weighted by Crippen LogP contribution is 2.31. The lowest BCUT2D eigenvalue weighted by atomic mass is 10.0. The van der Waals surface area contributed by atoms with Gasteiger partial charge < -0.3 is 29.4 Å². The molecule has 0 aliphatic carbocycles. The summed E-state index contributed by atoms with van der Waals surface area (Å²) in [5, 5.41) is 7.15. The molecule has 0 radical (unpaired) electrons. The van der Waals surface area contributed by atoms with Crippen molar-refractivity contribution < 1.29 is 18.7 Å². The Morgan fingerprint density at radius 2 is 1.92 bits per heavy atom. The third-order valence-corrected chi connectivity index (χ3v) is 7.17. The number of piperazine rings is 1. The number of hydrogen-bond acceptors (Lipinski definition) is 8. The zero-order valence-corrected chi connectivity index (χ0v) is 22.3. The minimum absolute atomic E-state index is 0.0418. The van der Waals surface area contributed by atoms with E-state index in [1.807, 2.05) is 6.07 Å². The van der Waals surface area contributed by atoms with Crippen LogP contribution in [-0.4, -0.2) is 69.8 Å². The minimum atomic E-state index is -0.516. The van der Waals surface area contributed by atoms with Gasteiger partial charge in [-0.15, -0.1) is 0 Å². The Morgan fingerprint density at radius 1 is 1.15 bits per heavy atom. The fourth-order valence-electron chi connectivity index (χ4n) is 5.52. The zero-order valence-electron chi connectivity index (χ0n) is 22.3. The Kier molecular flexibility index (Phi) is 6.78. The Balaban J connectivity index is 1.38. The van der Waals surface area contributed by atoms with Crippen molar-refractivity contribution in [2.45, 2.75) is 51.8 Å². The fourth-order valence-corrected chi connectivity index (χ4v) is 5.52.